The lowest BCUT2D eigenvalue weighted by molar-refractivity contribution is -0.116. The molecule has 1 amide bonds. The molecule has 146 valence electrons. The molecular weight excluding hydrogens is 424 g/mol. The number of halogens is 1. The van der Waals surface area contributed by atoms with Crippen molar-refractivity contribution in [3.8, 4) is 10.6 Å². The summed E-state index contributed by atoms with van der Waals surface area (Å²) in [5.41, 5.74) is 0.580. The van der Waals surface area contributed by atoms with Gasteiger partial charge in [0.25, 0.3) is 15.6 Å². The standard InChI is InChI=1S/C17H15ClN4O4S2/c1-22(10-16(24)19-12-4-2-3-11(18)9-12)28(25,26)17-8-6-14(27-17)13-5-7-15(23)21-20-13/h2-9H,10H2,1H3,(H,19,24)(H,21,23). The number of sulfonamides is 1. The summed E-state index contributed by atoms with van der Waals surface area (Å²) in [4.78, 5) is 23.8. The number of rotatable bonds is 6. The minimum atomic E-state index is -3.86. The van der Waals surface area contributed by atoms with Gasteiger partial charge in [0.1, 0.15) is 9.90 Å². The Hall–Kier alpha value is -2.53. The van der Waals surface area contributed by atoms with E-state index in [0.717, 1.165) is 15.6 Å². The lowest BCUT2D eigenvalue weighted by Gasteiger charge is -2.15. The molecule has 28 heavy (non-hydrogen) atoms. The van der Waals surface area contributed by atoms with E-state index in [1.54, 1.807) is 30.3 Å². The summed E-state index contributed by atoms with van der Waals surface area (Å²) in [5.74, 6) is -0.493. The number of nitrogens with zero attached hydrogens (tertiary/aromatic N) is 2. The van der Waals surface area contributed by atoms with Crippen LogP contribution >= 0.6 is 22.9 Å². The van der Waals surface area contributed by atoms with E-state index >= 15 is 0 Å². The number of anilines is 1. The number of amides is 1. The smallest absolute Gasteiger partial charge is 0.264 e. The zero-order valence-corrected chi connectivity index (χ0v) is 16.9. The number of likely N-dealkylation sites (N-methyl/N-ethyl adjacent to an activating group) is 1. The van der Waals surface area contributed by atoms with Crippen molar-refractivity contribution >= 4 is 44.6 Å². The number of thiophene rings is 1. The molecule has 2 heterocycles. The van der Waals surface area contributed by atoms with Crippen LogP contribution in [0.4, 0.5) is 5.69 Å². The van der Waals surface area contributed by atoms with Crippen LogP contribution in [0.5, 0.6) is 0 Å². The van der Waals surface area contributed by atoms with Crippen molar-refractivity contribution in [3.05, 3.63) is 63.9 Å². The third kappa shape index (κ3) is 4.65. The van der Waals surface area contributed by atoms with Gasteiger partial charge in [0, 0.05) is 23.8 Å². The second-order valence-corrected chi connectivity index (χ2v) is 9.54. The Kier molecular flexibility index (Phi) is 5.94. The molecule has 0 aliphatic carbocycles. The Balaban J connectivity index is 1.72. The second-order valence-electron chi connectivity index (χ2n) is 5.74. The van der Waals surface area contributed by atoms with Crippen LogP contribution in [-0.2, 0) is 14.8 Å². The van der Waals surface area contributed by atoms with Crippen molar-refractivity contribution < 1.29 is 13.2 Å². The fourth-order valence-corrected chi connectivity index (χ4v) is 5.09. The number of hydrogen-bond donors (Lipinski definition) is 2. The van der Waals surface area contributed by atoms with Crippen LogP contribution in [-0.4, -0.2) is 42.4 Å². The molecule has 0 saturated heterocycles. The van der Waals surface area contributed by atoms with Crippen molar-refractivity contribution in [2.75, 3.05) is 18.9 Å². The van der Waals surface area contributed by atoms with Gasteiger partial charge in [-0.25, -0.2) is 13.5 Å². The average molecular weight is 439 g/mol. The van der Waals surface area contributed by atoms with Gasteiger partial charge in [0.05, 0.1) is 11.4 Å². The van der Waals surface area contributed by atoms with Gasteiger partial charge in [-0.05, 0) is 36.4 Å². The van der Waals surface area contributed by atoms with Gasteiger partial charge >= 0.3 is 0 Å². The Bertz CT molecular complexity index is 1150. The van der Waals surface area contributed by atoms with E-state index in [4.69, 9.17) is 11.6 Å². The maximum absolute atomic E-state index is 12.7. The summed E-state index contributed by atoms with van der Waals surface area (Å²) in [7, 11) is -2.54. The summed E-state index contributed by atoms with van der Waals surface area (Å²) in [6.07, 6.45) is 0. The van der Waals surface area contributed by atoms with Gasteiger partial charge in [-0.3, -0.25) is 9.59 Å². The monoisotopic (exact) mass is 438 g/mol. The fraction of sp³-hybridized carbons (Fsp3) is 0.118. The highest BCUT2D eigenvalue weighted by Crippen LogP contribution is 2.30. The molecule has 0 atom stereocenters. The first-order chi connectivity index (χ1) is 13.3. The zero-order chi connectivity index (χ0) is 20.3. The summed E-state index contributed by atoms with van der Waals surface area (Å²) < 4.78 is 26.5. The van der Waals surface area contributed by atoms with Crippen molar-refractivity contribution in [2.45, 2.75) is 4.21 Å². The van der Waals surface area contributed by atoms with E-state index in [2.05, 4.69) is 15.5 Å². The van der Waals surface area contributed by atoms with Gasteiger partial charge in [-0.1, -0.05) is 17.7 Å². The molecule has 0 radical (unpaired) electrons. The highest BCUT2D eigenvalue weighted by Gasteiger charge is 2.25. The molecule has 11 heteroatoms. The van der Waals surface area contributed by atoms with Crippen molar-refractivity contribution in [3.63, 3.8) is 0 Å². The molecule has 0 aliphatic rings. The Morgan fingerprint density at radius 3 is 2.71 bits per heavy atom. The first kappa shape index (κ1) is 20.2. The summed E-state index contributed by atoms with van der Waals surface area (Å²) in [6, 6.07) is 12.4. The molecule has 3 aromatic rings. The van der Waals surface area contributed by atoms with E-state index in [1.165, 1.54) is 25.2 Å². The lowest BCUT2D eigenvalue weighted by atomic mass is 10.3. The number of aromatic amines is 1. The molecule has 0 spiro atoms. The van der Waals surface area contributed by atoms with Crippen molar-refractivity contribution in [1.82, 2.24) is 14.5 Å². The number of benzene rings is 1. The van der Waals surface area contributed by atoms with E-state index in [0.29, 0.717) is 21.3 Å². The van der Waals surface area contributed by atoms with E-state index < -0.39 is 15.9 Å². The Morgan fingerprint density at radius 2 is 2.04 bits per heavy atom. The molecule has 0 saturated carbocycles. The first-order valence-corrected chi connectivity index (χ1v) is 10.6. The summed E-state index contributed by atoms with van der Waals surface area (Å²) in [5, 5.41) is 9.24. The third-order valence-electron chi connectivity index (χ3n) is 3.65. The number of carbonyl (C=O) groups excluding carboxylic acids is 1. The van der Waals surface area contributed by atoms with Gasteiger partial charge in [0.2, 0.25) is 5.91 Å². The minimum absolute atomic E-state index is 0.0635. The Labute approximate surface area is 169 Å². The van der Waals surface area contributed by atoms with Crippen LogP contribution in [0.25, 0.3) is 10.6 Å². The van der Waals surface area contributed by atoms with Crippen LogP contribution in [0, 0.1) is 0 Å². The number of aromatic nitrogens is 2. The van der Waals surface area contributed by atoms with Crippen LogP contribution in [0.3, 0.4) is 0 Å². The van der Waals surface area contributed by atoms with Crippen LogP contribution in [0.15, 0.2) is 57.5 Å². The highest BCUT2D eigenvalue weighted by atomic mass is 35.5. The van der Waals surface area contributed by atoms with Crippen LogP contribution in [0.2, 0.25) is 5.02 Å². The largest absolute Gasteiger partial charge is 0.325 e. The zero-order valence-electron chi connectivity index (χ0n) is 14.5. The minimum Gasteiger partial charge on any atom is -0.325 e. The fourth-order valence-electron chi connectivity index (χ4n) is 2.29. The first-order valence-electron chi connectivity index (χ1n) is 7.93. The van der Waals surface area contributed by atoms with Gasteiger partial charge in [0.15, 0.2) is 0 Å². The van der Waals surface area contributed by atoms with E-state index in [1.807, 2.05) is 0 Å². The lowest BCUT2D eigenvalue weighted by Crippen LogP contribution is -2.34. The number of nitrogens with one attached hydrogen (secondary N) is 2. The number of hydrogen-bond acceptors (Lipinski definition) is 6. The molecule has 0 bridgehead atoms. The predicted molar refractivity (Wildman–Crippen MR) is 108 cm³/mol. The van der Waals surface area contributed by atoms with E-state index in [9.17, 15) is 18.0 Å². The third-order valence-corrected chi connectivity index (χ3v) is 7.27. The maximum Gasteiger partial charge on any atom is 0.264 e. The normalized spacial score (nSPS) is 11.5. The average Bonchev–Trinajstić information content (AvgIpc) is 3.13. The molecular formula is C17H15ClN4O4S2. The summed E-state index contributed by atoms with van der Waals surface area (Å²) in [6.45, 7) is -0.362. The molecule has 3 rings (SSSR count). The maximum atomic E-state index is 12.7. The van der Waals surface area contributed by atoms with Gasteiger partial charge in [-0.2, -0.15) is 9.40 Å². The molecule has 0 fully saturated rings. The Morgan fingerprint density at radius 1 is 1.25 bits per heavy atom. The predicted octanol–water partition coefficient (Wildman–Crippen LogP) is 2.41. The highest BCUT2D eigenvalue weighted by molar-refractivity contribution is 7.91. The van der Waals surface area contributed by atoms with Crippen molar-refractivity contribution in [2.24, 2.45) is 0 Å². The van der Waals surface area contributed by atoms with Crippen molar-refractivity contribution in [1.29, 1.82) is 0 Å². The molecule has 0 unspecified atom stereocenters. The van der Waals surface area contributed by atoms with E-state index in [-0.39, 0.29) is 16.3 Å². The molecule has 8 nitrogen and oxygen atoms in total. The summed E-state index contributed by atoms with van der Waals surface area (Å²) >= 11 is 6.86. The van der Waals surface area contributed by atoms with Crippen LogP contribution in [0.1, 0.15) is 0 Å². The molecule has 2 N–H and O–H groups in total. The molecule has 2 aromatic heterocycles. The quantitative estimate of drug-likeness (QED) is 0.613. The second kappa shape index (κ2) is 8.23. The van der Waals surface area contributed by atoms with Gasteiger partial charge < -0.3 is 5.32 Å². The SMILES string of the molecule is CN(CC(=O)Nc1cccc(Cl)c1)S(=O)(=O)c1ccc(-c2ccc(=O)[nH]n2)s1. The number of H-pyrrole nitrogens is 1. The molecule has 1 aromatic carbocycles. The molecule has 0 aliphatic heterocycles. The topological polar surface area (TPSA) is 112 Å². The van der Waals surface area contributed by atoms with Crippen LogP contribution < -0.4 is 10.9 Å². The number of carbonyl (C=O) groups is 1. The van der Waals surface area contributed by atoms with Gasteiger partial charge in [-0.15, -0.1) is 11.3 Å².